The molecule has 2 heterocycles. The molecular weight excluding hydrogens is 324 g/mol. The van der Waals surface area contributed by atoms with Gasteiger partial charge in [0.2, 0.25) is 11.8 Å². The number of carbonyl (C=O) groups is 2. The number of anilines is 1. The van der Waals surface area contributed by atoms with Crippen LogP contribution in [0.5, 0.6) is 0 Å². The Morgan fingerprint density at radius 2 is 2.00 bits per heavy atom. The third-order valence-corrected chi connectivity index (χ3v) is 6.40. The Balaban J connectivity index is 1.65. The van der Waals surface area contributed by atoms with E-state index in [0.717, 1.165) is 31.5 Å². The Hall–Kier alpha value is -1.55. The van der Waals surface area contributed by atoms with Crippen LogP contribution in [0, 0.1) is 5.92 Å². The third kappa shape index (κ3) is 2.34. The van der Waals surface area contributed by atoms with Crippen LogP contribution in [0.25, 0.3) is 0 Å². The number of carbonyl (C=O) groups excluding carboxylic acids is 2. The predicted octanol–water partition coefficient (Wildman–Crippen LogP) is 3.37. The largest absolute Gasteiger partial charge is 0.342 e. The normalized spacial score (nSPS) is 24.7. The number of rotatable bonds is 1. The van der Waals surface area contributed by atoms with E-state index in [9.17, 15) is 9.59 Å². The molecule has 0 aromatic heterocycles. The lowest BCUT2D eigenvalue weighted by molar-refractivity contribution is -0.128. The van der Waals surface area contributed by atoms with Crippen LogP contribution >= 0.6 is 11.6 Å². The molecule has 1 aromatic carbocycles. The van der Waals surface area contributed by atoms with E-state index < -0.39 is 0 Å². The molecule has 0 bridgehead atoms. The lowest BCUT2D eigenvalue weighted by Crippen LogP contribution is -2.40. The van der Waals surface area contributed by atoms with Crippen LogP contribution in [0.4, 0.5) is 5.69 Å². The van der Waals surface area contributed by atoms with Gasteiger partial charge in [-0.1, -0.05) is 36.6 Å². The number of hydrogen-bond acceptors (Lipinski definition) is 2. The summed E-state index contributed by atoms with van der Waals surface area (Å²) in [5, 5.41) is 0.672. The van der Waals surface area contributed by atoms with Crippen molar-refractivity contribution in [1.29, 1.82) is 0 Å². The molecule has 3 aliphatic rings. The first-order valence-electron chi connectivity index (χ1n) is 8.88. The Morgan fingerprint density at radius 1 is 1.25 bits per heavy atom. The standard InChI is InChI=1S/C19H23ClN2O2/c1-13(23)21-10-7-14(11-21)18(24)22-12-19(8-2-3-9-19)15-5-4-6-16(20)17(15)22/h4-6,14H,2-3,7-12H2,1H3/t14-/m0/s1. The molecule has 4 nitrogen and oxygen atoms in total. The average Bonchev–Trinajstić information content (AvgIpc) is 3.28. The van der Waals surface area contributed by atoms with Gasteiger partial charge in [0.05, 0.1) is 16.6 Å². The summed E-state index contributed by atoms with van der Waals surface area (Å²) in [7, 11) is 0. The molecule has 1 saturated carbocycles. The van der Waals surface area contributed by atoms with E-state index in [-0.39, 0.29) is 23.1 Å². The molecule has 0 radical (unpaired) electrons. The molecule has 1 saturated heterocycles. The van der Waals surface area contributed by atoms with Gasteiger partial charge in [-0.2, -0.15) is 0 Å². The van der Waals surface area contributed by atoms with Crippen molar-refractivity contribution >= 4 is 29.1 Å². The van der Waals surface area contributed by atoms with Crippen molar-refractivity contribution in [2.75, 3.05) is 24.5 Å². The van der Waals surface area contributed by atoms with Gasteiger partial charge in [-0.3, -0.25) is 9.59 Å². The highest BCUT2D eigenvalue weighted by Crippen LogP contribution is 2.52. The maximum Gasteiger partial charge on any atom is 0.232 e. The van der Waals surface area contributed by atoms with Crippen molar-refractivity contribution in [1.82, 2.24) is 4.90 Å². The van der Waals surface area contributed by atoms with E-state index in [1.807, 2.05) is 17.0 Å². The molecule has 0 unspecified atom stereocenters. The molecule has 1 aliphatic carbocycles. The molecule has 1 spiro atoms. The topological polar surface area (TPSA) is 40.6 Å². The number of fused-ring (bicyclic) bond motifs is 2. The fraction of sp³-hybridized carbons (Fsp3) is 0.579. The van der Waals surface area contributed by atoms with Gasteiger partial charge in [0.25, 0.3) is 0 Å². The third-order valence-electron chi connectivity index (χ3n) is 6.10. The summed E-state index contributed by atoms with van der Waals surface area (Å²) in [6, 6.07) is 6.03. The van der Waals surface area contributed by atoms with E-state index in [1.54, 1.807) is 11.8 Å². The maximum atomic E-state index is 13.2. The van der Waals surface area contributed by atoms with Crippen molar-refractivity contribution in [3.8, 4) is 0 Å². The van der Waals surface area contributed by atoms with Crippen LogP contribution in [0.1, 0.15) is 44.6 Å². The van der Waals surface area contributed by atoms with E-state index in [4.69, 9.17) is 11.6 Å². The van der Waals surface area contributed by atoms with E-state index >= 15 is 0 Å². The molecule has 1 aromatic rings. The molecule has 128 valence electrons. The van der Waals surface area contributed by atoms with Crippen molar-refractivity contribution < 1.29 is 9.59 Å². The summed E-state index contributed by atoms with van der Waals surface area (Å²) >= 11 is 6.50. The van der Waals surface area contributed by atoms with Gasteiger partial charge in [-0.05, 0) is 30.9 Å². The summed E-state index contributed by atoms with van der Waals surface area (Å²) in [4.78, 5) is 28.5. The molecule has 5 heteroatoms. The van der Waals surface area contributed by atoms with Crippen molar-refractivity contribution in [3.05, 3.63) is 28.8 Å². The van der Waals surface area contributed by atoms with Gasteiger partial charge in [0.15, 0.2) is 0 Å². The molecule has 2 amide bonds. The van der Waals surface area contributed by atoms with Crippen molar-refractivity contribution in [3.63, 3.8) is 0 Å². The second-order valence-electron chi connectivity index (χ2n) is 7.50. The minimum absolute atomic E-state index is 0.0532. The lowest BCUT2D eigenvalue weighted by Gasteiger charge is -2.26. The number of likely N-dealkylation sites (tertiary alicyclic amines) is 1. The highest BCUT2D eigenvalue weighted by molar-refractivity contribution is 6.34. The fourth-order valence-electron chi connectivity index (χ4n) is 4.82. The smallest absolute Gasteiger partial charge is 0.232 e. The molecule has 2 aliphatic heterocycles. The molecule has 2 fully saturated rings. The summed E-state index contributed by atoms with van der Waals surface area (Å²) < 4.78 is 0. The Labute approximate surface area is 147 Å². The maximum absolute atomic E-state index is 13.2. The minimum Gasteiger partial charge on any atom is -0.342 e. The highest BCUT2D eigenvalue weighted by atomic mass is 35.5. The zero-order valence-corrected chi connectivity index (χ0v) is 14.8. The summed E-state index contributed by atoms with van der Waals surface area (Å²) in [5.74, 6) is 0.0869. The Bertz CT molecular complexity index is 697. The second-order valence-corrected chi connectivity index (χ2v) is 7.91. The predicted molar refractivity (Wildman–Crippen MR) is 94.3 cm³/mol. The van der Waals surface area contributed by atoms with Crippen LogP contribution in [0.3, 0.4) is 0 Å². The Morgan fingerprint density at radius 3 is 2.67 bits per heavy atom. The number of amides is 2. The van der Waals surface area contributed by atoms with Crippen LogP contribution < -0.4 is 4.90 Å². The van der Waals surface area contributed by atoms with Gasteiger partial charge in [-0.25, -0.2) is 0 Å². The van der Waals surface area contributed by atoms with Crippen molar-refractivity contribution in [2.45, 2.75) is 44.4 Å². The number of para-hydroxylation sites is 1. The summed E-state index contributed by atoms with van der Waals surface area (Å²) in [6.07, 6.45) is 5.45. The first-order valence-corrected chi connectivity index (χ1v) is 9.25. The van der Waals surface area contributed by atoms with Gasteiger partial charge in [-0.15, -0.1) is 0 Å². The SMILES string of the molecule is CC(=O)N1CC[C@H](C(=O)N2CC3(CCCC3)c3cccc(Cl)c32)C1. The van der Waals surface area contributed by atoms with Crippen LogP contribution in [0.15, 0.2) is 18.2 Å². The Kier molecular flexibility index (Phi) is 3.83. The number of hydrogen-bond donors (Lipinski definition) is 0. The minimum atomic E-state index is -0.102. The summed E-state index contributed by atoms with van der Waals surface area (Å²) in [6.45, 7) is 3.54. The van der Waals surface area contributed by atoms with E-state index in [1.165, 1.54) is 18.4 Å². The van der Waals surface area contributed by atoms with E-state index in [2.05, 4.69) is 6.07 Å². The monoisotopic (exact) mass is 346 g/mol. The summed E-state index contributed by atoms with van der Waals surface area (Å²) in [5.41, 5.74) is 2.27. The van der Waals surface area contributed by atoms with Gasteiger partial charge in [0.1, 0.15) is 0 Å². The molecular formula is C19H23ClN2O2. The molecule has 4 rings (SSSR count). The second kappa shape index (κ2) is 5.76. The fourth-order valence-corrected chi connectivity index (χ4v) is 5.10. The number of nitrogens with zero attached hydrogens (tertiary/aromatic N) is 2. The molecule has 24 heavy (non-hydrogen) atoms. The highest BCUT2D eigenvalue weighted by Gasteiger charge is 2.48. The van der Waals surface area contributed by atoms with Gasteiger partial charge >= 0.3 is 0 Å². The van der Waals surface area contributed by atoms with Crippen LogP contribution in [-0.4, -0.2) is 36.3 Å². The molecule has 1 atom stereocenters. The number of benzene rings is 1. The van der Waals surface area contributed by atoms with Crippen LogP contribution in [-0.2, 0) is 15.0 Å². The molecule has 0 N–H and O–H groups in total. The quantitative estimate of drug-likeness (QED) is 0.782. The first-order chi connectivity index (χ1) is 11.5. The van der Waals surface area contributed by atoms with Crippen molar-refractivity contribution in [2.24, 2.45) is 5.92 Å². The van der Waals surface area contributed by atoms with E-state index in [0.29, 0.717) is 18.1 Å². The zero-order valence-electron chi connectivity index (χ0n) is 14.1. The van der Waals surface area contributed by atoms with Gasteiger partial charge < -0.3 is 9.80 Å². The average molecular weight is 347 g/mol. The number of halogens is 1. The first kappa shape index (κ1) is 15.9. The lowest BCUT2D eigenvalue weighted by atomic mass is 9.81. The zero-order chi connectivity index (χ0) is 16.9. The van der Waals surface area contributed by atoms with Crippen LogP contribution in [0.2, 0.25) is 5.02 Å². The van der Waals surface area contributed by atoms with Gasteiger partial charge in [0, 0.05) is 32.0 Å².